The Morgan fingerprint density at radius 3 is 2.62 bits per heavy atom. The number of carbonyl (C=O) groups excluding carboxylic acids is 1. The van der Waals surface area contributed by atoms with Gasteiger partial charge < -0.3 is 9.88 Å². The smallest absolute Gasteiger partial charge is 0.251 e. The summed E-state index contributed by atoms with van der Waals surface area (Å²) in [6, 6.07) is 11.8. The Morgan fingerprint density at radius 2 is 2.00 bits per heavy atom. The highest BCUT2D eigenvalue weighted by molar-refractivity contribution is 9.10. The lowest BCUT2D eigenvalue weighted by molar-refractivity contribution is -0.113. The Hall–Kier alpha value is -2.32. The first-order valence-corrected chi connectivity index (χ1v) is 8.63. The fraction of sp³-hybridized carbons (Fsp3) is 0.263. The highest BCUT2D eigenvalue weighted by atomic mass is 79.9. The highest BCUT2D eigenvalue weighted by Crippen LogP contribution is 2.33. The molecule has 0 fully saturated rings. The number of hydrogen-bond donors (Lipinski definition) is 1. The van der Waals surface area contributed by atoms with Crippen molar-refractivity contribution in [2.24, 2.45) is 0 Å². The molecule has 1 atom stereocenters. The number of anilines is 1. The van der Waals surface area contributed by atoms with Crippen molar-refractivity contribution in [2.75, 3.05) is 5.32 Å². The van der Waals surface area contributed by atoms with Crippen LogP contribution in [0.4, 0.5) is 5.69 Å². The molecule has 4 nitrogen and oxygen atoms in total. The maximum absolute atomic E-state index is 12.5. The second kappa shape index (κ2) is 6.66. The quantitative estimate of drug-likeness (QED) is 0.838. The molecule has 2 aromatic rings. The molecule has 5 heteroatoms. The molecule has 0 saturated carbocycles. The predicted molar refractivity (Wildman–Crippen MR) is 97.7 cm³/mol. The summed E-state index contributed by atoms with van der Waals surface area (Å²) in [6.45, 7) is 4.19. The van der Waals surface area contributed by atoms with Crippen LogP contribution in [0.15, 0.2) is 46.5 Å². The van der Waals surface area contributed by atoms with Crippen molar-refractivity contribution >= 4 is 27.5 Å². The number of amides is 1. The first kappa shape index (κ1) is 16.5. The van der Waals surface area contributed by atoms with Gasteiger partial charge in [0.15, 0.2) is 0 Å². The number of hydrogen-bond acceptors (Lipinski definition) is 2. The predicted octanol–water partition coefficient (Wildman–Crippen LogP) is 4.64. The molecule has 1 aromatic carbocycles. The molecule has 1 aliphatic carbocycles. The zero-order valence-electron chi connectivity index (χ0n) is 13.6. The van der Waals surface area contributed by atoms with E-state index in [4.69, 9.17) is 5.26 Å². The minimum absolute atomic E-state index is 0.0784. The van der Waals surface area contributed by atoms with Crippen LogP contribution in [0.5, 0.6) is 0 Å². The van der Waals surface area contributed by atoms with E-state index >= 15 is 0 Å². The van der Waals surface area contributed by atoms with Crippen molar-refractivity contribution in [1.82, 2.24) is 4.57 Å². The molecule has 1 heterocycles. The summed E-state index contributed by atoms with van der Waals surface area (Å²) in [4.78, 5) is 12.5. The van der Waals surface area contributed by atoms with Crippen LogP contribution in [0, 0.1) is 25.2 Å². The van der Waals surface area contributed by atoms with E-state index in [0.717, 1.165) is 18.4 Å². The van der Waals surface area contributed by atoms with E-state index < -0.39 is 0 Å². The molecule has 122 valence electrons. The van der Waals surface area contributed by atoms with Gasteiger partial charge in [0.2, 0.25) is 0 Å². The Bertz CT molecular complexity index is 854. The Kier molecular flexibility index (Phi) is 4.59. The second-order valence-electron chi connectivity index (χ2n) is 6.07. The van der Waals surface area contributed by atoms with Crippen LogP contribution in [-0.2, 0) is 4.79 Å². The standard InChI is InChI=1S/C19H18BrN3O/c1-12-3-4-13(2)23(12)16-7-6-15(10-16)19(24)22-18-8-5-14(11-21)9-17(18)20/h3-6,8-9,16H,7,10H2,1-2H3,(H,22,24)/t16-/m1/s1. The molecule has 0 saturated heterocycles. The van der Waals surface area contributed by atoms with Gasteiger partial charge in [-0.3, -0.25) is 4.79 Å². The normalized spacial score (nSPS) is 16.6. The lowest BCUT2D eigenvalue weighted by Crippen LogP contribution is -2.16. The van der Waals surface area contributed by atoms with Crippen molar-refractivity contribution in [3.8, 4) is 6.07 Å². The van der Waals surface area contributed by atoms with Crippen LogP contribution in [0.2, 0.25) is 0 Å². The maximum Gasteiger partial charge on any atom is 0.251 e. The van der Waals surface area contributed by atoms with E-state index in [1.807, 2.05) is 6.08 Å². The monoisotopic (exact) mass is 383 g/mol. The lowest BCUT2D eigenvalue weighted by atomic mass is 10.1. The van der Waals surface area contributed by atoms with Gasteiger partial charge in [-0.15, -0.1) is 0 Å². The first-order valence-electron chi connectivity index (χ1n) is 7.84. The van der Waals surface area contributed by atoms with Crippen molar-refractivity contribution in [1.29, 1.82) is 5.26 Å². The van der Waals surface area contributed by atoms with Gasteiger partial charge in [0.25, 0.3) is 5.91 Å². The van der Waals surface area contributed by atoms with Gasteiger partial charge in [0.1, 0.15) is 0 Å². The number of nitrogens with zero attached hydrogens (tertiary/aromatic N) is 2. The van der Waals surface area contributed by atoms with Crippen molar-refractivity contribution in [3.05, 3.63) is 63.4 Å². The summed E-state index contributed by atoms with van der Waals surface area (Å²) in [7, 11) is 0. The largest absolute Gasteiger partial charge is 0.346 e. The molecule has 1 N–H and O–H groups in total. The highest BCUT2D eigenvalue weighted by Gasteiger charge is 2.24. The SMILES string of the molecule is Cc1ccc(C)n1[C@@H]1CC=C(C(=O)Nc2ccc(C#N)cc2Br)C1. The van der Waals surface area contributed by atoms with Gasteiger partial charge in [-0.1, -0.05) is 6.08 Å². The maximum atomic E-state index is 12.5. The molecular formula is C19H18BrN3O. The Morgan fingerprint density at radius 1 is 1.29 bits per heavy atom. The van der Waals surface area contributed by atoms with Gasteiger partial charge >= 0.3 is 0 Å². The van der Waals surface area contributed by atoms with Gasteiger partial charge in [0, 0.05) is 27.5 Å². The number of carbonyl (C=O) groups is 1. The van der Waals surface area contributed by atoms with Crippen LogP contribution < -0.4 is 5.32 Å². The Balaban J connectivity index is 1.70. The number of rotatable bonds is 3. The molecule has 0 spiro atoms. The van der Waals surface area contributed by atoms with Crippen LogP contribution >= 0.6 is 15.9 Å². The number of allylic oxidation sites excluding steroid dienone is 1. The fourth-order valence-electron chi connectivity index (χ4n) is 3.23. The molecule has 24 heavy (non-hydrogen) atoms. The molecule has 0 aliphatic heterocycles. The third-order valence-electron chi connectivity index (χ3n) is 4.42. The molecule has 0 bridgehead atoms. The van der Waals surface area contributed by atoms with E-state index in [1.54, 1.807) is 18.2 Å². The topological polar surface area (TPSA) is 57.8 Å². The third kappa shape index (κ3) is 3.15. The van der Waals surface area contributed by atoms with E-state index in [1.165, 1.54) is 11.4 Å². The van der Waals surface area contributed by atoms with E-state index in [0.29, 0.717) is 21.8 Å². The van der Waals surface area contributed by atoms with Crippen LogP contribution in [-0.4, -0.2) is 10.5 Å². The molecule has 0 unspecified atom stereocenters. The molecule has 1 amide bonds. The molecule has 1 aromatic heterocycles. The van der Waals surface area contributed by atoms with Gasteiger partial charge in [-0.05, 0) is 73.0 Å². The number of aromatic nitrogens is 1. The summed E-state index contributed by atoms with van der Waals surface area (Å²) < 4.78 is 3.01. The molecule has 3 rings (SSSR count). The zero-order chi connectivity index (χ0) is 17.3. The van der Waals surface area contributed by atoms with Gasteiger partial charge in [0.05, 0.1) is 17.3 Å². The fourth-order valence-corrected chi connectivity index (χ4v) is 3.70. The summed E-state index contributed by atoms with van der Waals surface area (Å²) in [5.41, 5.74) is 4.49. The van der Waals surface area contributed by atoms with Gasteiger partial charge in [-0.25, -0.2) is 0 Å². The van der Waals surface area contributed by atoms with Crippen molar-refractivity contribution in [3.63, 3.8) is 0 Å². The Labute approximate surface area is 149 Å². The third-order valence-corrected chi connectivity index (χ3v) is 5.08. The minimum atomic E-state index is -0.0784. The average molecular weight is 384 g/mol. The first-order chi connectivity index (χ1) is 11.5. The summed E-state index contributed by atoms with van der Waals surface area (Å²) in [5.74, 6) is -0.0784. The van der Waals surface area contributed by atoms with Crippen LogP contribution in [0.1, 0.15) is 35.8 Å². The summed E-state index contributed by atoms with van der Waals surface area (Å²) >= 11 is 3.40. The van der Waals surface area contributed by atoms with Gasteiger partial charge in [-0.2, -0.15) is 5.26 Å². The number of benzene rings is 1. The minimum Gasteiger partial charge on any atom is -0.346 e. The molecule has 0 radical (unpaired) electrons. The van der Waals surface area contributed by atoms with E-state index in [-0.39, 0.29) is 5.91 Å². The molecular weight excluding hydrogens is 366 g/mol. The second-order valence-corrected chi connectivity index (χ2v) is 6.92. The number of nitrogens with one attached hydrogen (secondary N) is 1. The number of nitriles is 1. The van der Waals surface area contributed by atoms with Crippen molar-refractivity contribution in [2.45, 2.75) is 32.7 Å². The van der Waals surface area contributed by atoms with E-state index in [2.05, 4.69) is 57.9 Å². The number of halogens is 1. The van der Waals surface area contributed by atoms with Crippen LogP contribution in [0.3, 0.4) is 0 Å². The molecule has 1 aliphatic rings. The summed E-state index contributed by atoms with van der Waals surface area (Å²) in [5, 5.41) is 11.8. The zero-order valence-corrected chi connectivity index (χ0v) is 15.2. The van der Waals surface area contributed by atoms with Crippen molar-refractivity contribution < 1.29 is 4.79 Å². The average Bonchev–Trinajstić information content (AvgIpc) is 3.16. The number of aryl methyl sites for hydroxylation is 2. The lowest BCUT2D eigenvalue weighted by Gasteiger charge is -2.18. The summed E-state index contributed by atoms with van der Waals surface area (Å²) in [6.07, 6.45) is 3.63. The van der Waals surface area contributed by atoms with E-state index in [9.17, 15) is 4.79 Å². The van der Waals surface area contributed by atoms with Crippen LogP contribution in [0.25, 0.3) is 0 Å².